The second kappa shape index (κ2) is 8.41. The van der Waals surface area contributed by atoms with Gasteiger partial charge in [0.15, 0.2) is 0 Å². The van der Waals surface area contributed by atoms with E-state index in [9.17, 15) is 4.79 Å². The van der Waals surface area contributed by atoms with Gasteiger partial charge in [0.1, 0.15) is 0 Å². The van der Waals surface area contributed by atoms with Crippen molar-refractivity contribution in [2.75, 3.05) is 26.2 Å². The van der Waals surface area contributed by atoms with E-state index in [0.29, 0.717) is 18.4 Å². The smallest absolute Gasteiger partial charge is 0.407 e. The Hall–Kier alpha value is -0.770. The number of ether oxygens (including phenoxy) is 1. The third-order valence-electron chi connectivity index (χ3n) is 3.93. The maximum atomic E-state index is 11.6. The minimum Gasteiger partial charge on any atom is -0.450 e. The van der Waals surface area contributed by atoms with E-state index in [1.54, 1.807) is 0 Å². The third kappa shape index (κ3) is 5.81. The van der Waals surface area contributed by atoms with Crippen molar-refractivity contribution in [3.05, 3.63) is 0 Å². The molecule has 4 nitrogen and oxygen atoms in total. The van der Waals surface area contributed by atoms with E-state index in [0.717, 1.165) is 19.5 Å². The number of carbonyl (C=O) groups is 1. The molecule has 0 aromatic rings. The minimum atomic E-state index is -0.271. The molecule has 0 aromatic heterocycles. The predicted molar refractivity (Wildman–Crippen MR) is 78.2 cm³/mol. The van der Waals surface area contributed by atoms with Crippen molar-refractivity contribution < 1.29 is 9.53 Å². The molecule has 1 saturated heterocycles. The van der Waals surface area contributed by atoms with Crippen LogP contribution in [-0.4, -0.2) is 43.3 Å². The van der Waals surface area contributed by atoms with E-state index in [4.69, 9.17) is 4.74 Å². The molecule has 0 saturated carbocycles. The third-order valence-corrected chi connectivity index (χ3v) is 3.93. The van der Waals surface area contributed by atoms with Crippen LogP contribution in [0.15, 0.2) is 0 Å². The molecular formula is C15H30N2O2. The minimum absolute atomic E-state index is 0.233. The van der Waals surface area contributed by atoms with Crippen LogP contribution >= 0.6 is 0 Å². The lowest BCUT2D eigenvalue weighted by Crippen LogP contribution is -2.52. The van der Waals surface area contributed by atoms with Crippen LogP contribution in [0.25, 0.3) is 0 Å². The molecule has 0 radical (unpaired) electrons. The van der Waals surface area contributed by atoms with Gasteiger partial charge in [-0.15, -0.1) is 0 Å². The van der Waals surface area contributed by atoms with Crippen molar-refractivity contribution in [3.8, 4) is 0 Å². The number of piperidine rings is 1. The van der Waals surface area contributed by atoms with Crippen LogP contribution in [0, 0.1) is 11.8 Å². The van der Waals surface area contributed by atoms with Gasteiger partial charge in [-0.3, -0.25) is 0 Å². The fourth-order valence-electron chi connectivity index (χ4n) is 2.72. The normalized spacial score (nSPS) is 24.5. The number of nitrogens with zero attached hydrogens (tertiary/aromatic N) is 1. The molecule has 1 amide bonds. The molecular weight excluding hydrogens is 240 g/mol. The lowest BCUT2D eigenvalue weighted by atomic mass is 9.85. The van der Waals surface area contributed by atoms with Crippen molar-refractivity contribution in [1.29, 1.82) is 0 Å². The molecule has 0 aromatic carbocycles. The first-order valence-electron chi connectivity index (χ1n) is 7.72. The standard InChI is InChI=1S/C15H30N2O2/c1-5-7-8-17-10-13(12(3)4)9-14(11-17)16-15(18)19-6-2/h12-14H,5-11H2,1-4H3,(H,16,18). The second-order valence-corrected chi connectivity index (χ2v) is 5.91. The molecule has 2 unspecified atom stereocenters. The summed E-state index contributed by atoms with van der Waals surface area (Å²) in [6.07, 6.45) is 3.25. The molecule has 0 spiro atoms. The number of alkyl carbamates (subject to hydrolysis) is 1. The van der Waals surface area contributed by atoms with Crippen molar-refractivity contribution >= 4 is 6.09 Å². The van der Waals surface area contributed by atoms with Gasteiger partial charge in [-0.2, -0.15) is 0 Å². The Morgan fingerprint density at radius 1 is 1.37 bits per heavy atom. The van der Waals surface area contributed by atoms with Crippen LogP contribution in [0.3, 0.4) is 0 Å². The molecule has 112 valence electrons. The SMILES string of the molecule is CCCCN1CC(NC(=O)OCC)CC(C(C)C)C1. The maximum Gasteiger partial charge on any atom is 0.407 e. The molecule has 0 aliphatic carbocycles. The number of amides is 1. The maximum absolute atomic E-state index is 11.6. The molecule has 1 fully saturated rings. The van der Waals surface area contributed by atoms with Crippen molar-refractivity contribution in [3.63, 3.8) is 0 Å². The van der Waals surface area contributed by atoms with Crippen molar-refractivity contribution in [2.45, 2.75) is 53.0 Å². The summed E-state index contributed by atoms with van der Waals surface area (Å²) in [6, 6.07) is 0.233. The first-order valence-corrected chi connectivity index (χ1v) is 7.72. The van der Waals surface area contributed by atoms with E-state index in [1.807, 2.05) is 6.92 Å². The monoisotopic (exact) mass is 270 g/mol. The fraction of sp³-hybridized carbons (Fsp3) is 0.933. The van der Waals surface area contributed by atoms with Gasteiger partial charge in [0.05, 0.1) is 6.61 Å². The molecule has 1 heterocycles. The summed E-state index contributed by atoms with van der Waals surface area (Å²) in [5.41, 5.74) is 0. The van der Waals surface area contributed by atoms with Crippen LogP contribution in [-0.2, 0) is 4.74 Å². The van der Waals surface area contributed by atoms with Crippen molar-refractivity contribution in [1.82, 2.24) is 10.2 Å². The number of nitrogens with one attached hydrogen (secondary N) is 1. The van der Waals surface area contributed by atoms with Gasteiger partial charge < -0.3 is 15.0 Å². The second-order valence-electron chi connectivity index (χ2n) is 5.91. The average molecular weight is 270 g/mol. The van der Waals surface area contributed by atoms with Crippen LogP contribution in [0.4, 0.5) is 4.79 Å². The highest BCUT2D eigenvalue weighted by molar-refractivity contribution is 5.67. The van der Waals surface area contributed by atoms with Crippen molar-refractivity contribution in [2.24, 2.45) is 11.8 Å². The topological polar surface area (TPSA) is 41.6 Å². The fourth-order valence-corrected chi connectivity index (χ4v) is 2.72. The van der Waals surface area contributed by atoms with Gasteiger partial charge in [-0.05, 0) is 38.1 Å². The quantitative estimate of drug-likeness (QED) is 0.807. The molecule has 1 rings (SSSR count). The van der Waals surface area contributed by atoms with Crippen LogP contribution in [0.1, 0.15) is 47.0 Å². The Labute approximate surface area is 117 Å². The van der Waals surface area contributed by atoms with Gasteiger partial charge in [0.2, 0.25) is 0 Å². The predicted octanol–water partition coefficient (Wildman–Crippen LogP) is 2.88. The largest absolute Gasteiger partial charge is 0.450 e. The number of hydrogen-bond acceptors (Lipinski definition) is 3. The number of unbranched alkanes of at least 4 members (excludes halogenated alkanes) is 1. The first-order chi connectivity index (χ1) is 9.06. The molecule has 1 N–H and O–H groups in total. The Morgan fingerprint density at radius 2 is 2.11 bits per heavy atom. The van der Waals surface area contributed by atoms with Crippen LogP contribution < -0.4 is 5.32 Å². The first kappa shape index (κ1) is 16.3. The summed E-state index contributed by atoms with van der Waals surface area (Å²) >= 11 is 0. The highest BCUT2D eigenvalue weighted by atomic mass is 16.5. The molecule has 1 aliphatic heterocycles. The lowest BCUT2D eigenvalue weighted by molar-refractivity contribution is 0.101. The van der Waals surface area contributed by atoms with Gasteiger partial charge >= 0.3 is 6.09 Å². The zero-order chi connectivity index (χ0) is 14.3. The number of carbonyl (C=O) groups excluding carboxylic acids is 1. The Kier molecular flexibility index (Phi) is 7.21. The highest BCUT2D eigenvalue weighted by Crippen LogP contribution is 2.24. The summed E-state index contributed by atoms with van der Waals surface area (Å²) in [5, 5.41) is 3.01. The van der Waals surface area contributed by atoms with Gasteiger partial charge in [-0.25, -0.2) is 4.79 Å². The molecule has 4 heteroatoms. The van der Waals surface area contributed by atoms with E-state index < -0.39 is 0 Å². The van der Waals surface area contributed by atoms with Gasteiger partial charge in [0.25, 0.3) is 0 Å². The van der Waals surface area contributed by atoms with Crippen LogP contribution in [0.5, 0.6) is 0 Å². The number of rotatable bonds is 6. The zero-order valence-electron chi connectivity index (χ0n) is 12.9. The molecule has 2 atom stereocenters. The lowest BCUT2D eigenvalue weighted by Gasteiger charge is -2.39. The highest BCUT2D eigenvalue weighted by Gasteiger charge is 2.29. The summed E-state index contributed by atoms with van der Waals surface area (Å²) in [5.74, 6) is 1.33. The summed E-state index contributed by atoms with van der Waals surface area (Å²) in [6.45, 7) is 12.3. The summed E-state index contributed by atoms with van der Waals surface area (Å²) in [7, 11) is 0. The number of likely N-dealkylation sites (tertiary alicyclic amines) is 1. The molecule has 0 bridgehead atoms. The number of hydrogen-bond donors (Lipinski definition) is 1. The van der Waals surface area contributed by atoms with E-state index >= 15 is 0 Å². The van der Waals surface area contributed by atoms with E-state index in [-0.39, 0.29) is 12.1 Å². The van der Waals surface area contributed by atoms with E-state index in [2.05, 4.69) is 31.0 Å². The zero-order valence-corrected chi connectivity index (χ0v) is 12.9. The summed E-state index contributed by atoms with van der Waals surface area (Å²) in [4.78, 5) is 14.1. The van der Waals surface area contributed by atoms with Gasteiger partial charge in [-0.1, -0.05) is 27.2 Å². The Bertz CT molecular complexity index is 269. The average Bonchev–Trinajstić information content (AvgIpc) is 2.36. The Morgan fingerprint density at radius 3 is 2.68 bits per heavy atom. The van der Waals surface area contributed by atoms with E-state index in [1.165, 1.54) is 19.4 Å². The summed E-state index contributed by atoms with van der Waals surface area (Å²) < 4.78 is 4.99. The molecule has 1 aliphatic rings. The van der Waals surface area contributed by atoms with Gasteiger partial charge in [0, 0.05) is 19.1 Å². The molecule has 19 heavy (non-hydrogen) atoms. The Balaban J connectivity index is 2.51. The van der Waals surface area contributed by atoms with Crippen LogP contribution in [0.2, 0.25) is 0 Å².